The Hall–Kier alpha value is -4.44. The lowest BCUT2D eigenvalue weighted by Crippen LogP contribution is -2.58. The number of rotatable bonds is 6. The zero-order valence-corrected chi connectivity index (χ0v) is 29.5. The minimum atomic E-state index is 0.0353. The van der Waals surface area contributed by atoms with E-state index in [-0.39, 0.29) is 23.6 Å². The third kappa shape index (κ3) is 5.04. The zero-order valence-electron chi connectivity index (χ0n) is 29.5. The molecule has 0 N–H and O–H groups in total. The molecule has 0 saturated heterocycles. The van der Waals surface area contributed by atoms with Crippen molar-refractivity contribution in [2.24, 2.45) is 5.41 Å². The van der Waals surface area contributed by atoms with Crippen molar-refractivity contribution in [3.8, 4) is 17.2 Å². The molecule has 0 aliphatic carbocycles. The number of fused-ring (bicyclic) bond motifs is 4. The normalized spacial score (nSPS) is 14.4. The van der Waals surface area contributed by atoms with E-state index in [0.29, 0.717) is 0 Å². The van der Waals surface area contributed by atoms with Crippen LogP contribution in [0.15, 0.2) is 103 Å². The van der Waals surface area contributed by atoms with Gasteiger partial charge in [-0.2, -0.15) is 0 Å². The molecule has 0 radical (unpaired) electrons. The van der Waals surface area contributed by atoms with Gasteiger partial charge in [0.15, 0.2) is 0 Å². The number of para-hydroxylation sites is 2. The van der Waals surface area contributed by atoms with Crippen molar-refractivity contribution in [1.82, 2.24) is 4.57 Å². The molecule has 1 unspecified atom stereocenters. The van der Waals surface area contributed by atoms with Crippen LogP contribution in [0.4, 0.5) is 11.4 Å². The molecule has 4 aromatic carbocycles. The Morgan fingerprint density at radius 3 is 2.26 bits per heavy atom. The van der Waals surface area contributed by atoms with Gasteiger partial charge in [-0.15, -0.1) is 6.58 Å². The summed E-state index contributed by atoms with van der Waals surface area (Å²) in [4.78, 5) is 2.46. The molecule has 3 heterocycles. The molecule has 7 rings (SSSR count). The minimum absolute atomic E-state index is 0.0353. The largest absolute Gasteiger partial charge is 0.458 e. The van der Waals surface area contributed by atoms with Gasteiger partial charge in [-0.05, 0) is 89.8 Å². The van der Waals surface area contributed by atoms with Crippen molar-refractivity contribution in [2.45, 2.75) is 80.2 Å². The number of allylic oxidation sites excluding steroid dienone is 1. The lowest BCUT2D eigenvalue weighted by Gasteiger charge is -2.37. The molecular formula is C43H47BN2O. The minimum Gasteiger partial charge on any atom is -0.458 e. The number of aromatic nitrogens is 1. The van der Waals surface area contributed by atoms with Gasteiger partial charge in [-0.1, -0.05) is 108 Å². The maximum Gasteiger partial charge on any atom is 0.256 e. The van der Waals surface area contributed by atoms with E-state index in [2.05, 4.69) is 169 Å². The van der Waals surface area contributed by atoms with Crippen molar-refractivity contribution in [1.29, 1.82) is 0 Å². The third-order valence-corrected chi connectivity index (χ3v) is 10.7. The zero-order chi connectivity index (χ0) is 33.4. The van der Waals surface area contributed by atoms with Crippen LogP contribution >= 0.6 is 0 Å². The molecule has 0 fully saturated rings. The van der Waals surface area contributed by atoms with Gasteiger partial charge in [0.2, 0.25) is 0 Å². The number of ether oxygens (including phenoxy) is 1. The van der Waals surface area contributed by atoms with Gasteiger partial charge < -0.3 is 14.2 Å². The molecule has 1 aromatic heterocycles. The number of anilines is 2. The summed E-state index contributed by atoms with van der Waals surface area (Å²) in [5.74, 6) is 1.86. The number of nitrogens with zero attached hydrogens (tertiary/aromatic N) is 2. The van der Waals surface area contributed by atoms with E-state index in [9.17, 15) is 0 Å². The highest BCUT2D eigenvalue weighted by atomic mass is 16.5. The first-order valence-corrected chi connectivity index (χ1v) is 17.0. The highest BCUT2D eigenvalue weighted by molar-refractivity contribution is 6.99. The first kappa shape index (κ1) is 31.2. The summed E-state index contributed by atoms with van der Waals surface area (Å²) in [7, 11) is 0. The average molecular weight is 619 g/mol. The molecule has 5 aromatic rings. The van der Waals surface area contributed by atoms with E-state index in [1.807, 2.05) is 0 Å². The quantitative estimate of drug-likeness (QED) is 0.136. The Morgan fingerprint density at radius 1 is 0.872 bits per heavy atom. The Balaban J connectivity index is 1.49. The summed E-state index contributed by atoms with van der Waals surface area (Å²) in [6.07, 6.45) is 5.35. The topological polar surface area (TPSA) is 17.4 Å². The van der Waals surface area contributed by atoms with Crippen molar-refractivity contribution in [3.05, 3.63) is 120 Å². The fourth-order valence-corrected chi connectivity index (χ4v) is 7.45. The Labute approximate surface area is 281 Å². The molecule has 3 nitrogen and oxygen atoms in total. The van der Waals surface area contributed by atoms with E-state index in [0.717, 1.165) is 29.3 Å². The Kier molecular flexibility index (Phi) is 7.35. The predicted octanol–water partition coefficient (Wildman–Crippen LogP) is 9.56. The van der Waals surface area contributed by atoms with Crippen LogP contribution in [0.5, 0.6) is 11.5 Å². The van der Waals surface area contributed by atoms with Crippen molar-refractivity contribution < 1.29 is 4.74 Å². The summed E-state index contributed by atoms with van der Waals surface area (Å²) in [6, 6.07) is 29.2. The molecule has 47 heavy (non-hydrogen) atoms. The predicted molar refractivity (Wildman–Crippen MR) is 203 cm³/mol. The summed E-state index contributed by atoms with van der Waals surface area (Å²) in [6.45, 7) is 24.9. The van der Waals surface area contributed by atoms with Gasteiger partial charge in [-0.3, -0.25) is 0 Å². The van der Waals surface area contributed by atoms with Gasteiger partial charge in [0, 0.05) is 39.7 Å². The van der Waals surface area contributed by atoms with Crippen LogP contribution in [-0.4, -0.2) is 17.3 Å². The third-order valence-electron chi connectivity index (χ3n) is 10.7. The van der Waals surface area contributed by atoms with Crippen LogP contribution in [0, 0.1) is 19.3 Å². The maximum absolute atomic E-state index is 6.85. The van der Waals surface area contributed by atoms with Crippen molar-refractivity contribution in [3.63, 3.8) is 0 Å². The second-order valence-electron chi connectivity index (χ2n) is 15.6. The first-order valence-electron chi connectivity index (χ1n) is 17.0. The van der Waals surface area contributed by atoms with E-state index in [1.165, 1.54) is 55.4 Å². The number of hydrogen-bond donors (Lipinski definition) is 0. The van der Waals surface area contributed by atoms with Crippen molar-refractivity contribution in [2.75, 3.05) is 4.90 Å². The summed E-state index contributed by atoms with van der Waals surface area (Å²) in [5, 5.41) is 1.32. The van der Waals surface area contributed by atoms with E-state index in [4.69, 9.17) is 4.74 Å². The summed E-state index contributed by atoms with van der Waals surface area (Å²) in [5.41, 5.74) is 14.1. The van der Waals surface area contributed by atoms with E-state index in [1.54, 1.807) is 0 Å². The Bertz CT molecular complexity index is 2070. The van der Waals surface area contributed by atoms with E-state index < -0.39 is 0 Å². The highest BCUT2D eigenvalue weighted by Crippen LogP contribution is 2.41. The molecule has 4 heteroatoms. The SMILES string of the molecule is C=CC(C/C=C(\C)C(C)(C)C)N(c1ccc(C(C)(C)C)cc1)c1cc2c3c(c1)-n1c(C)c(C)c4cccc(c41)B3c1ccccc1O2. The lowest BCUT2D eigenvalue weighted by atomic mass is 9.34. The monoisotopic (exact) mass is 618 g/mol. The van der Waals surface area contributed by atoms with Crippen LogP contribution in [0.3, 0.4) is 0 Å². The number of benzene rings is 4. The van der Waals surface area contributed by atoms with Crippen LogP contribution in [0.2, 0.25) is 0 Å². The van der Waals surface area contributed by atoms with Crippen molar-refractivity contribution >= 4 is 45.4 Å². The molecule has 2 aliphatic heterocycles. The van der Waals surface area contributed by atoms with E-state index >= 15 is 0 Å². The molecular weight excluding hydrogens is 571 g/mol. The fraction of sp³-hybridized carbons (Fsp3) is 0.302. The average Bonchev–Trinajstić information content (AvgIpc) is 3.30. The van der Waals surface area contributed by atoms with Gasteiger partial charge in [0.25, 0.3) is 6.71 Å². The fourth-order valence-electron chi connectivity index (χ4n) is 7.45. The second kappa shape index (κ2) is 11.1. The molecule has 0 spiro atoms. The molecule has 238 valence electrons. The summed E-state index contributed by atoms with van der Waals surface area (Å²) < 4.78 is 9.34. The van der Waals surface area contributed by atoms with Crippen LogP contribution < -0.4 is 26.0 Å². The highest BCUT2D eigenvalue weighted by Gasteiger charge is 2.41. The number of aryl methyl sites for hydroxylation is 1. The smallest absolute Gasteiger partial charge is 0.256 e. The van der Waals surface area contributed by atoms with Crippen LogP contribution in [0.1, 0.15) is 71.7 Å². The standard InChI is InChI=1S/C43H47BN2O/c1-11-31(22-19-27(2)42(5,6)7)46(32-23-20-30(21-24-32)43(8,9)10)33-25-37-40-39(26-33)47-38-18-13-12-16-35(38)44(40)36-17-14-15-34-28(3)29(4)45(37)41(34)36/h11-21,23-26,31H,1,22H2,2-10H3/b27-19+. The van der Waals surface area contributed by atoms with Crippen LogP contribution in [-0.2, 0) is 5.41 Å². The molecule has 0 saturated carbocycles. The molecule has 2 aliphatic rings. The summed E-state index contributed by atoms with van der Waals surface area (Å²) >= 11 is 0. The molecule has 0 bridgehead atoms. The van der Waals surface area contributed by atoms with Gasteiger partial charge in [-0.25, -0.2) is 0 Å². The Morgan fingerprint density at radius 2 is 1.57 bits per heavy atom. The maximum atomic E-state index is 6.85. The number of hydrogen-bond acceptors (Lipinski definition) is 2. The van der Waals surface area contributed by atoms with Crippen LogP contribution in [0.25, 0.3) is 16.6 Å². The lowest BCUT2D eigenvalue weighted by molar-refractivity contribution is 0.487. The second-order valence-corrected chi connectivity index (χ2v) is 15.6. The van der Waals surface area contributed by atoms with Gasteiger partial charge in [0.1, 0.15) is 11.5 Å². The molecule has 1 atom stereocenters. The van der Waals surface area contributed by atoms with Gasteiger partial charge in [0.05, 0.1) is 6.04 Å². The first-order chi connectivity index (χ1) is 22.3. The molecule has 0 amide bonds. The van der Waals surface area contributed by atoms with Gasteiger partial charge >= 0.3 is 0 Å².